The van der Waals surface area contributed by atoms with Crippen LogP contribution >= 0.6 is 0 Å². The highest BCUT2D eigenvalue weighted by atomic mass is 32.2. The molecule has 0 bridgehead atoms. The lowest BCUT2D eigenvalue weighted by molar-refractivity contribution is 0.0373. The van der Waals surface area contributed by atoms with Crippen molar-refractivity contribution in [2.24, 2.45) is 11.8 Å². The van der Waals surface area contributed by atoms with Gasteiger partial charge in [0.15, 0.2) is 0 Å². The Bertz CT molecular complexity index is 1330. The molecule has 1 N–H and O–H groups in total. The average Bonchev–Trinajstić information content (AvgIpc) is 2.94. The molecule has 0 radical (unpaired) electrons. The number of ether oxygens (including phenoxy) is 1. The number of likely N-dealkylation sites (N-methyl/N-ethyl adjacent to an activating group) is 1. The molecule has 1 aromatic carbocycles. The smallest absolute Gasteiger partial charge is 0.259 e. The first-order valence-electron chi connectivity index (χ1n) is 13.4. The minimum absolute atomic E-state index is 0.0270. The Labute approximate surface area is 230 Å². The molecule has 1 amide bonds. The van der Waals surface area contributed by atoms with Crippen LogP contribution < -0.4 is 4.74 Å². The van der Waals surface area contributed by atoms with Gasteiger partial charge in [-0.3, -0.25) is 4.79 Å². The van der Waals surface area contributed by atoms with E-state index in [1.165, 1.54) is 38.4 Å². The summed E-state index contributed by atoms with van der Waals surface area (Å²) in [5, 5.41) is 9.87. The van der Waals surface area contributed by atoms with E-state index in [0.29, 0.717) is 11.5 Å². The van der Waals surface area contributed by atoms with Crippen LogP contribution in [0.25, 0.3) is 0 Å². The van der Waals surface area contributed by atoms with Crippen LogP contribution in [0, 0.1) is 29.5 Å². The summed E-state index contributed by atoms with van der Waals surface area (Å²) in [6.45, 7) is 3.61. The van der Waals surface area contributed by atoms with Gasteiger partial charge >= 0.3 is 0 Å². The standard InChI is InChI=1S/C29H36FN3O5S/c1-20-17-33(21(2)19-34)29(35)26-15-23(10-9-22-7-5-4-6-8-22)16-31-28(26)38-27(20)18-32(3)39(36,37)25-13-11-24(30)12-14-25/h11-16,20-22,27,34H,4-8,17-19H2,1-3H3/t20-,21-,27+/m1/s1. The fraction of sp³-hybridized carbons (Fsp3) is 0.517. The van der Waals surface area contributed by atoms with Crippen molar-refractivity contribution < 1.29 is 27.4 Å². The van der Waals surface area contributed by atoms with Crippen LogP contribution in [0.4, 0.5) is 4.39 Å². The molecule has 8 nitrogen and oxygen atoms in total. The number of sulfonamides is 1. The minimum Gasteiger partial charge on any atom is -0.472 e. The molecule has 1 aliphatic heterocycles. The average molecular weight is 558 g/mol. The van der Waals surface area contributed by atoms with Gasteiger partial charge in [0.2, 0.25) is 15.9 Å². The molecular weight excluding hydrogens is 521 g/mol. The predicted molar refractivity (Wildman–Crippen MR) is 145 cm³/mol. The van der Waals surface area contributed by atoms with Gasteiger partial charge in [-0.25, -0.2) is 17.8 Å². The van der Waals surface area contributed by atoms with Crippen LogP contribution in [-0.4, -0.2) is 72.5 Å². The van der Waals surface area contributed by atoms with Gasteiger partial charge in [0, 0.05) is 37.2 Å². The number of carbonyl (C=O) groups excluding carboxylic acids is 1. The van der Waals surface area contributed by atoms with Gasteiger partial charge in [0.05, 0.1) is 24.1 Å². The zero-order chi connectivity index (χ0) is 28.2. The summed E-state index contributed by atoms with van der Waals surface area (Å²) < 4.78 is 47.1. The molecule has 1 fully saturated rings. The Kier molecular flexibility index (Phi) is 9.26. The first-order valence-corrected chi connectivity index (χ1v) is 14.9. The summed E-state index contributed by atoms with van der Waals surface area (Å²) in [6.07, 6.45) is 6.65. The largest absolute Gasteiger partial charge is 0.472 e. The number of aromatic nitrogens is 1. The molecule has 0 saturated heterocycles. The van der Waals surface area contributed by atoms with E-state index in [0.717, 1.165) is 29.3 Å². The van der Waals surface area contributed by atoms with Gasteiger partial charge in [0.25, 0.3) is 5.91 Å². The number of nitrogens with zero attached hydrogens (tertiary/aromatic N) is 3. The number of benzene rings is 1. The number of halogens is 1. The summed E-state index contributed by atoms with van der Waals surface area (Å²) in [6, 6.07) is 5.85. The first-order chi connectivity index (χ1) is 18.6. The predicted octanol–water partition coefficient (Wildman–Crippen LogP) is 3.69. The maximum atomic E-state index is 13.6. The molecule has 2 aliphatic rings. The van der Waals surface area contributed by atoms with Gasteiger partial charge in [-0.05, 0) is 50.1 Å². The van der Waals surface area contributed by atoms with Crippen molar-refractivity contribution in [2.45, 2.75) is 63.0 Å². The quantitative estimate of drug-likeness (QED) is 0.544. The van der Waals surface area contributed by atoms with E-state index >= 15 is 0 Å². The highest BCUT2D eigenvalue weighted by Gasteiger charge is 2.36. The molecule has 2 aromatic rings. The van der Waals surface area contributed by atoms with Gasteiger partial charge in [-0.2, -0.15) is 4.31 Å². The van der Waals surface area contributed by atoms with Gasteiger partial charge in [-0.1, -0.05) is 38.0 Å². The summed E-state index contributed by atoms with van der Waals surface area (Å²) in [5.74, 6) is 5.78. The van der Waals surface area contributed by atoms with Crippen molar-refractivity contribution in [3.8, 4) is 17.7 Å². The number of aliphatic hydroxyl groups excluding tert-OH is 1. The SMILES string of the molecule is C[C@@H]1CN([C@H](C)CO)C(=O)c2cc(C#CC3CCCCC3)cnc2O[C@H]1CN(C)S(=O)(=O)c1ccc(F)cc1. The molecule has 0 unspecified atom stereocenters. The molecule has 210 valence electrons. The topological polar surface area (TPSA) is 100 Å². The second-order valence-electron chi connectivity index (χ2n) is 10.5. The van der Waals surface area contributed by atoms with E-state index in [1.807, 2.05) is 6.92 Å². The molecule has 39 heavy (non-hydrogen) atoms. The highest BCUT2D eigenvalue weighted by Crippen LogP contribution is 2.28. The molecular formula is C29H36FN3O5S. The maximum absolute atomic E-state index is 13.6. The molecule has 1 aliphatic carbocycles. The number of hydrogen-bond donors (Lipinski definition) is 1. The summed E-state index contributed by atoms with van der Waals surface area (Å²) >= 11 is 0. The van der Waals surface area contributed by atoms with E-state index in [-0.39, 0.29) is 47.9 Å². The van der Waals surface area contributed by atoms with E-state index in [2.05, 4.69) is 16.8 Å². The Balaban J connectivity index is 1.64. The molecule has 3 atom stereocenters. The fourth-order valence-corrected chi connectivity index (χ4v) is 6.14. The van der Waals surface area contributed by atoms with Crippen molar-refractivity contribution >= 4 is 15.9 Å². The number of hydrogen-bond acceptors (Lipinski definition) is 6. The maximum Gasteiger partial charge on any atom is 0.259 e. The third kappa shape index (κ3) is 6.78. The van der Waals surface area contributed by atoms with Crippen LogP contribution in [0.3, 0.4) is 0 Å². The van der Waals surface area contributed by atoms with Crippen molar-refractivity contribution in [3.63, 3.8) is 0 Å². The van der Waals surface area contributed by atoms with Crippen molar-refractivity contribution in [1.82, 2.24) is 14.2 Å². The Morgan fingerprint density at radius 2 is 1.92 bits per heavy atom. The second-order valence-corrected chi connectivity index (χ2v) is 12.6. The summed E-state index contributed by atoms with van der Waals surface area (Å²) in [4.78, 5) is 19.6. The van der Waals surface area contributed by atoms with Crippen molar-refractivity contribution in [2.75, 3.05) is 26.7 Å². The third-order valence-electron chi connectivity index (χ3n) is 7.51. The van der Waals surface area contributed by atoms with E-state index < -0.39 is 28.0 Å². The van der Waals surface area contributed by atoms with E-state index in [1.54, 1.807) is 24.1 Å². The van der Waals surface area contributed by atoms with Crippen molar-refractivity contribution in [1.29, 1.82) is 0 Å². The van der Waals surface area contributed by atoms with Gasteiger partial charge < -0.3 is 14.7 Å². The molecule has 1 saturated carbocycles. The number of rotatable bonds is 6. The molecule has 4 rings (SSSR count). The fourth-order valence-electron chi connectivity index (χ4n) is 4.96. The van der Waals surface area contributed by atoms with Crippen molar-refractivity contribution in [3.05, 3.63) is 53.5 Å². The van der Waals surface area contributed by atoms with Crippen LogP contribution in [-0.2, 0) is 10.0 Å². The number of aliphatic hydroxyl groups is 1. The summed E-state index contributed by atoms with van der Waals surface area (Å²) in [5.41, 5.74) is 0.834. The Morgan fingerprint density at radius 3 is 2.59 bits per heavy atom. The highest BCUT2D eigenvalue weighted by molar-refractivity contribution is 7.89. The number of carbonyl (C=O) groups is 1. The van der Waals surface area contributed by atoms with Gasteiger partial charge in [-0.15, -0.1) is 0 Å². The summed E-state index contributed by atoms with van der Waals surface area (Å²) in [7, 11) is -2.48. The zero-order valence-electron chi connectivity index (χ0n) is 22.6. The monoisotopic (exact) mass is 557 g/mol. The first kappa shape index (κ1) is 29.0. The lowest BCUT2D eigenvalue weighted by atomic mass is 9.90. The lowest BCUT2D eigenvalue weighted by Gasteiger charge is -2.37. The van der Waals surface area contributed by atoms with Crippen LogP contribution in [0.15, 0.2) is 41.4 Å². The van der Waals surface area contributed by atoms with Crippen LogP contribution in [0.2, 0.25) is 0 Å². The minimum atomic E-state index is -3.92. The molecule has 2 heterocycles. The van der Waals surface area contributed by atoms with E-state index in [9.17, 15) is 22.7 Å². The molecule has 10 heteroatoms. The Morgan fingerprint density at radius 1 is 1.23 bits per heavy atom. The number of amides is 1. The third-order valence-corrected chi connectivity index (χ3v) is 9.34. The van der Waals surface area contributed by atoms with E-state index in [4.69, 9.17) is 4.74 Å². The van der Waals surface area contributed by atoms with Crippen LogP contribution in [0.1, 0.15) is 61.9 Å². The number of fused-ring (bicyclic) bond motifs is 1. The number of pyridine rings is 1. The molecule has 0 spiro atoms. The molecule has 1 aromatic heterocycles. The second kappa shape index (κ2) is 12.5. The van der Waals surface area contributed by atoms with Gasteiger partial charge in [0.1, 0.15) is 17.5 Å². The lowest BCUT2D eigenvalue weighted by Crippen LogP contribution is -2.50. The zero-order valence-corrected chi connectivity index (χ0v) is 23.5. The Hall–Kier alpha value is -3.00. The normalized spacial score (nSPS) is 21.3. The van der Waals surface area contributed by atoms with Crippen LogP contribution in [0.5, 0.6) is 5.88 Å².